The van der Waals surface area contributed by atoms with Gasteiger partial charge in [-0.15, -0.1) is 0 Å². The molecule has 0 radical (unpaired) electrons. The maximum absolute atomic E-state index is 6.32. The van der Waals surface area contributed by atoms with Crippen LogP contribution in [-0.4, -0.2) is 33.1 Å². The molecular formula is C24H35NO3Si. The largest absolute Gasteiger partial charge is 0.493 e. The zero-order valence-electron chi connectivity index (χ0n) is 19.1. The maximum atomic E-state index is 6.32. The van der Waals surface area contributed by atoms with E-state index in [0.717, 1.165) is 33.8 Å². The molecule has 1 heterocycles. The highest BCUT2D eigenvalue weighted by Gasteiger charge is 2.37. The molecule has 1 aromatic heterocycles. The SMILES string of the molecule is C=C(CO[Si](C)(C)C(C)(C)C)c1cncc(-c2ccc(OC)c(OC(C)C)c2)c1. The van der Waals surface area contributed by atoms with Crippen LogP contribution in [0.25, 0.3) is 16.7 Å². The summed E-state index contributed by atoms with van der Waals surface area (Å²) in [5.41, 5.74) is 3.96. The summed E-state index contributed by atoms with van der Waals surface area (Å²) in [5, 5.41) is 0.170. The van der Waals surface area contributed by atoms with Gasteiger partial charge in [0.05, 0.1) is 19.8 Å². The van der Waals surface area contributed by atoms with Crippen LogP contribution < -0.4 is 9.47 Å². The zero-order valence-corrected chi connectivity index (χ0v) is 20.1. The lowest BCUT2D eigenvalue weighted by atomic mass is 10.0. The van der Waals surface area contributed by atoms with Crippen molar-refractivity contribution in [2.45, 2.75) is 58.9 Å². The molecule has 0 fully saturated rings. The van der Waals surface area contributed by atoms with Crippen molar-refractivity contribution in [2.75, 3.05) is 13.7 Å². The molecule has 29 heavy (non-hydrogen) atoms. The second kappa shape index (κ2) is 9.14. The van der Waals surface area contributed by atoms with Crippen LogP contribution in [0.3, 0.4) is 0 Å². The van der Waals surface area contributed by atoms with Crippen molar-refractivity contribution in [3.63, 3.8) is 0 Å². The van der Waals surface area contributed by atoms with Gasteiger partial charge in [-0.05, 0) is 66.9 Å². The van der Waals surface area contributed by atoms with E-state index in [2.05, 4.69) is 51.5 Å². The summed E-state index contributed by atoms with van der Waals surface area (Å²) in [5.74, 6) is 1.45. The normalized spacial score (nSPS) is 12.2. The molecule has 0 amide bonds. The average Bonchev–Trinajstić information content (AvgIpc) is 2.65. The minimum atomic E-state index is -1.82. The third-order valence-electron chi connectivity index (χ3n) is 5.42. The molecule has 2 rings (SSSR count). The van der Waals surface area contributed by atoms with Gasteiger partial charge in [0.1, 0.15) is 0 Å². The van der Waals surface area contributed by atoms with Crippen LogP contribution in [0.5, 0.6) is 11.5 Å². The molecule has 0 atom stereocenters. The second-order valence-corrected chi connectivity index (χ2v) is 14.0. The van der Waals surface area contributed by atoms with Crippen LogP contribution in [0, 0.1) is 0 Å². The van der Waals surface area contributed by atoms with Gasteiger partial charge in [0, 0.05) is 18.0 Å². The van der Waals surface area contributed by atoms with Crippen LogP contribution in [0.15, 0.2) is 43.2 Å². The number of nitrogens with zero attached hydrogens (tertiary/aromatic N) is 1. The van der Waals surface area contributed by atoms with Crippen LogP contribution in [-0.2, 0) is 4.43 Å². The van der Waals surface area contributed by atoms with E-state index in [-0.39, 0.29) is 11.1 Å². The molecule has 0 aliphatic heterocycles. The summed E-state index contributed by atoms with van der Waals surface area (Å²) in [7, 11) is -0.174. The van der Waals surface area contributed by atoms with Gasteiger partial charge < -0.3 is 13.9 Å². The molecule has 1 aromatic carbocycles. The maximum Gasteiger partial charge on any atom is 0.192 e. The van der Waals surface area contributed by atoms with Crippen LogP contribution in [0.2, 0.25) is 18.1 Å². The first-order chi connectivity index (χ1) is 13.4. The number of ether oxygens (including phenoxy) is 2. The average molecular weight is 414 g/mol. The summed E-state index contributed by atoms with van der Waals surface area (Å²) in [4.78, 5) is 4.43. The first-order valence-corrected chi connectivity index (χ1v) is 13.0. The molecule has 0 saturated heterocycles. The highest BCUT2D eigenvalue weighted by atomic mass is 28.4. The molecule has 0 spiro atoms. The van der Waals surface area contributed by atoms with Crippen LogP contribution >= 0.6 is 0 Å². The summed E-state index contributed by atoms with van der Waals surface area (Å²) in [6, 6.07) is 8.04. The first kappa shape index (κ1) is 23.2. The van der Waals surface area contributed by atoms with Gasteiger partial charge in [0.15, 0.2) is 19.8 Å². The van der Waals surface area contributed by atoms with Crippen molar-refractivity contribution >= 4 is 13.9 Å². The number of benzene rings is 1. The van der Waals surface area contributed by atoms with Gasteiger partial charge >= 0.3 is 0 Å². The molecule has 4 nitrogen and oxygen atoms in total. The van der Waals surface area contributed by atoms with E-state index in [1.165, 1.54) is 0 Å². The van der Waals surface area contributed by atoms with Crippen molar-refractivity contribution in [1.29, 1.82) is 0 Å². The highest BCUT2D eigenvalue weighted by Crippen LogP contribution is 2.37. The van der Waals surface area contributed by atoms with Crippen molar-refractivity contribution in [2.24, 2.45) is 0 Å². The zero-order chi connectivity index (χ0) is 21.8. The summed E-state index contributed by atoms with van der Waals surface area (Å²) >= 11 is 0. The number of pyridine rings is 1. The molecule has 0 unspecified atom stereocenters. The summed E-state index contributed by atoms with van der Waals surface area (Å²) in [6.07, 6.45) is 3.76. The number of hydrogen-bond donors (Lipinski definition) is 0. The Morgan fingerprint density at radius 3 is 2.34 bits per heavy atom. The van der Waals surface area contributed by atoms with Crippen molar-refractivity contribution in [3.05, 3.63) is 48.8 Å². The predicted octanol–water partition coefficient (Wildman–Crippen LogP) is 6.58. The Labute approximate surface area is 177 Å². The van der Waals surface area contributed by atoms with E-state index in [1.54, 1.807) is 7.11 Å². The lowest BCUT2D eigenvalue weighted by molar-refractivity contribution is 0.230. The molecule has 0 saturated carbocycles. The standard InChI is InChI=1S/C24H35NO3Si/c1-17(2)28-23-13-19(10-11-22(23)26-7)21-12-20(14-25-15-21)18(3)16-27-29(8,9)24(4,5)6/h10-15,17H,3,16H2,1-2,4-9H3. The van der Waals surface area contributed by atoms with E-state index in [9.17, 15) is 0 Å². The van der Waals surface area contributed by atoms with Gasteiger partial charge in [0.2, 0.25) is 0 Å². The Hall–Kier alpha value is -2.11. The topological polar surface area (TPSA) is 40.6 Å². The Morgan fingerprint density at radius 2 is 1.76 bits per heavy atom. The Bertz CT molecular complexity index is 853. The quantitative estimate of drug-likeness (QED) is 0.458. The number of aromatic nitrogens is 1. The fourth-order valence-electron chi connectivity index (χ4n) is 2.56. The molecule has 0 bridgehead atoms. The monoisotopic (exact) mass is 413 g/mol. The van der Waals surface area contributed by atoms with Gasteiger partial charge in [-0.1, -0.05) is 33.4 Å². The van der Waals surface area contributed by atoms with Gasteiger partial charge in [-0.25, -0.2) is 0 Å². The third-order valence-corrected chi connectivity index (χ3v) is 9.90. The molecule has 2 aromatic rings. The van der Waals surface area contributed by atoms with Gasteiger partial charge in [-0.3, -0.25) is 4.98 Å². The van der Waals surface area contributed by atoms with Crippen LogP contribution in [0.1, 0.15) is 40.2 Å². The van der Waals surface area contributed by atoms with Crippen LogP contribution in [0.4, 0.5) is 0 Å². The number of methoxy groups -OCH3 is 1. The highest BCUT2D eigenvalue weighted by molar-refractivity contribution is 6.74. The van der Waals surface area contributed by atoms with Crippen molar-refractivity contribution in [3.8, 4) is 22.6 Å². The van der Waals surface area contributed by atoms with E-state index in [1.807, 2.05) is 44.4 Å². The van der Waals surface area contributed by atoms with Crippen molar-refractivity contribution < 1.29 is 13.9 Å². The van der Waals surface area contributed by atoms with E-state index >= 15 is 0 Å². The second-order valence-electron chi connectivity index (χ2n) is 9.15. The van der Waals surface area contributed by atoms with E-state index in [0.29, 0.717) is 6.61 Å². The van der Waals surface area contributed by atoms with Gasteiger partial charge in [0.25, 0.3) is 0 Å². The molecule has 0 aliphatic carbocycles. The summed E-state index contributed by atoms with van der Waals surface area (Å²) < 4.78 is 17.7. The number of rotatable bonds is 8. The minimum absolute atomic E-state index is 0.0656. The Kier molecular flexibility index (Phi) is 7.30. The lowest BCUT2D eigenvalue weighted by Crippen LogP contribution is -2.41. The fourth-order valence-corrected chi connectivity index (χ4v) is 3.53. The van der Waals surface area contributed by atoms with E-state index < -0.39 is 8.32 Å². The van der Waals surface area contributed by atoms with Gasteiger partial charge in [-0.2, -0.15) is 0 Å². The summed E-state index contributed by atoms with van der Waals surface area (Å²) in [6.45, 7) is 20.0. The molecule has 5 heteroatoms. The molecule has 0 N–H and O–H groups in total. The van der Waals surface area contributed by atoms with Crippen molar-refractivity contribution in [1.82, 2.24) is 4.98 Å². The molecular weight excluding hydrogens is 378 g/mol. The lowest BCUT2D eigenvalue weighted by Gasteiger charge is -2.36. The Balaban J connectivity index is 2.24. The fraction of sp³-hybridized carbons (Fsp3) is 0.458. The van der Waals surface area contributed by atoms with E-state index in [4.69, 9.17) is 13.9 Å². The Morgan fingerprint density at radius 1 is 1.07 bits per heavy atom. The molecule has 0 aliphatic rings. The number of hydrogen-bond acceptors (Lipinski definition) is 4. The first-order valence-electron chi connectivity index (χ1n) is 10.1. The minimum Gasteiger partial charge on any atom is -0.493 e. The predicted molar refractivity (Wildman–Crippen MR) is 124 cm³/mol. The smallest absolute Gasteiger partial charge is 0.192 e. The molecule has 158 valence electrons. The third kappa shape index (κ3) is 5.94.